The normalized spacial score (nSPS) is 12.5. The number of halogens is 3. The molecule has 0 unspecified atom stereocenters. The van der Waals surface area contributed by atoms with Crippen molar-refractivity contribution in [3.05, 3.63) is 56.5 Å². The maximum absolute atomic E-state index is 13.1. The number of fused-ring (bicyclic) bond motifs is 1. The highest BCUT2D eigenvalue weighted by molar-refractivity contribution is 7.88. The van der Waals surface area contributed by atoms with Crippen LogP contribution in [0.3, 0.4) is 0 Å². The molecule has 0 aliphatic heterocycles. The number of aromatic nitrogens is 3. The summed E-state index contributed by atoms with van der Waals surface area (Å²) in [6.07, 6.45) is -5.32. The van der Waals surface area contributed by atoms with Gasteiger partial charge >= 0.3 is 22.1 Å². The first-order chi connectivity index (χ1) is 15.2. The van der Waals surface area contributed by atoms with Crippen molar-refractivity contribution in [3.8, 4) is 5.69 Å². The molecular formula is C18H18F3N5O5S2. The van der Waals surface area contributed by atoms with E-state index in [2.05, 4.69) is 9.10 Å². The summed E-state index contributed by atoms with van der Waals surface area (Å²) < 4.78 is 72.6. The number of carbonyl (C=O) groups is 1. The molecule has 15 heteroatoms. The molecule has 178 valence electrons. The molecule has 0 fully saturated rings. The number of nitrogens with zero attached hydrogens (tertiary/aromatic N) is 3. The van der Waals surface area contributed by atoms with Gasteiger partial charge in [0, 0.05) is 24.5 Å². The van der Waals surface area contributed by atoms with E-state index in [9.17, 15) is 36.0 Å². The molecule has 2 aromatic heterocycles. The van der Waals surface area contributed by atoms with Gasteiger partial charge in [0.1, 0.15) is 5.69 Å². The predicted molar refractivity (Wildman–Crippen MR) is 114 cm³/mol. The van der Waals surface area contributed by atoms with Crippen molar-refractivity contribution in [2.45, 2.75) is 32.5 Å². The Labute approximate surface area is 189 Å². The zero-order valence-electron chi connectivity index (χ0n) is 17.4. The molecule has 2 heterocycles. The molecule has 1 aromatic carbocycles. The highest BCUT2D eigenvalue weighted by Crippen LogP contribution is 2.28. The lowest BCUT2D eigenvalue weighted by atomic mass is 10.1. The number of amides is 1. The van der Waals surface area contributed by atoms with Gasteiger partial charge in [-0.2, -0.15) is 30.7 Å². The van der Waals surface area contributed by atoms with Gasteiger partial charge in [0.05, 0.1) is 22.5 Å². The number of hydrogen-bond acceptors (Lipinski definition) is 7. The Morgan fingerprint density at radius 2 is 1.88 bits per heavy atom. The van der Waals surface area contributed by atoms with Gasteiger partial charge in [-0.25, -0.2) is 14.1 Å². The van der Waals surface area contributed by atoms with Gasteiger partial charge in [-0.1, -0.05) is 0 Å². The van der Waals surface area contributed by atoms with E-state index in [0.29, 0.717) is 25.3 Å². The van der Waals surface area contributed by atoms with E-state index in [1.807, 2.05) is 4.72 Å². The minimum absolute atomic E-state index is 0.0298. The maximum atomic E-state index is 13.1. The van der Waals surface area contributed by atoms with Crippen molar-refractivity contribution in [1.29, 1.82) is 0 Å². The van der Waals surface area contributed by atoms with E-state index in [4.69, 9.17) is 0 Å². The van der Waals surface area contributed by atoms with Crippen molar-refractivity contribution in [2.75, 3.05) is 0 Å². The van der Waals surface area contributed by atoms with Crippen molar-refractivity contribution >= 4 is 37.7 Å². The third-order valence-electron chi connectivity index (χ3n) is 4.36. The Morgan fingerprint density at radius 3 is 2.48 bits per heavy atom. The van der Waals surface area contributed by atoms with Gasteiger partial charge in [0.25, 0.3) is 5.56 Å². The molecule has 3 rings (SSSR count). The van der Waals surface area contributed by atoms with Crippen molar-refractivity contribution in [2.24, 2.45) is 7.05 Å². The molecule has 2 N–H and O–H groups in total. The van der Waals surface area contributed by atoms with E-state index in [1.165, 1.54) is 18.2 Å². The minimum atomic E-state index is -4.89. The highest BCUT2D eigenvalue weighted by Gasteiger charge is 2.35. The smallest absolute Gasteiger partial charge is 0.292 e. The molecule has 0 saturated carbocycles. The topological polar surface area (TPSA) is 132 Å². The summed E-state index contributed by atoms with van der Waals surface area (Å²) >= 11 is 0.991. The second kappa shape index (κ2) is 8.72. The number of benzene rings is 1. The largest absolute Gasteiger partial charge is 0.431 e. The molecule has 0 aliphatic rings. The Bertz CT molecular complexity index is 1450. The van der Waals surface area contributed by atoms with Crippen molar-refractivity contribution in [1.82, 2.24) is 23.0 Å². The van der Waals surface area contributed by atoms with Gasteiger partial charge in [0.2, 0.25) is 5.91 Å². The molecule has 33 heavy (non-hydrogen) atoms. The molecule has 0 saturated heterocycles. The van der Waals surface area contributed by atoms with Gasteiger partial charge in [-0.15, -0.1) is 0 Å². The van der Waals surface area contributed by atoms with Crippen molar-refractivity contribution < 1.29 is 26.4 Å². The third-order valence-corrected chi connectivity index (χ3v) is 6.51. The molecule has 0 atom stereocenters. The van der Waals surface area contributed by atoms with Crippen LogP contribution in [-0.4, -0.2) is 33.9 Å². The quantitative estimate of drug-likeness (QED) is 0.515. The van der Waals surface area contributed by atoms with Crippen LogP contribution in [-0.2, 0) is 34.6 Å². The average Bonchev–Trinajstić information content (AvgIpc) is 3.04. The van der Waals surface area contributed by atoms with E-state index < -0.39 is 51.7 Å². The summed E-state index contributed by atoms with van der Waals surface area (Å²) in [5, 5.41) is 0.343. The first kappa shape index (κ1) is 24.6. The van der Waals surface area contributed by atoms with E-state index in [-0.39, 0.29) is 11.4 Å². The Kier molecular flexibility index (Phi) is 6.50. The Balaban J connectivity index is 2.01. The van der Waals surface area contributed by atoms with Crippen molar-refractivity contribution in [3.63, 3.8) is 0 Å². The van der Waals surface area contributed by atoms with Crippen LogP contribution in [0.1, 0.15) is 25.2 Å². The SMILES string of the molecule is CC(C)NS(=O)(=O)NC(=O)Cc1nsc2ccc(-n3c(=O)cc(C(F)(F)F)n(C)c3=O)cc12. The van der Waals surface area contributed by atoms with Gasteiger partial charge in [0.15, 0.2) is 0 Å². The summed E-state index contributed by atoms with van der Waals surface area (Å²) in [6.45, 7) is 3.15. The lowest BCUT2D eigenvalue weighted by Gasteiger charge is -2.14. The summed E-state index contributed by atoms with van der Waals surface area (Å²) in [7, 11) is -3.18. The summed E-state index contributed by atoms with van der Waals surface area (Å²) in [6, 6.07) is 4.06. The summed E-state index contributed by atoms with van der Waals surface area (Å²) in [5.74, 6) is -0.872. The van der Waals surface area contributed by atoms with Crippen LogP contribution in [0.2, 0.25) is 0 Å². The van der Waals surface area contributed by atoms with Crippen LogP contribution in [0.15, 0.2) is 33.9 Å². The lowest BCUT2D eigenvalue weighted by Crippen LogP contribution is -2.43. The number of alkyl halides is 3. The van der Waals surface area contributed by atoms with Gasteiger partial charge in [-0.05, 0) is 43.6 Å². The fourth-order valence-corrected chi connectivity index (χ4v) is 4.88. The molecule has 0 bridgehead atoms. The van der Waals surface area contributed by atoms with Crippen LogP contribution in [0, 0.1) is 0 Å². The maximum Gasteiger partial charge on any atom is 0.431 e. The minimum Gasteiger partial charge on any atom is -0.292 e. The highest BCUT2D eigenvalue weighted by atomic mass is 32.2. The van der Waals surface area contributed by atoms with E-state index >= 15 is 0 Å². The number of carbonyl (C=O) groups excluding carboxylic acids is 1. The molecule has 0 aliphatic carbocycles. The van der Waals surface area contributed by atoms with Gasteiger partial charge in [-0.3, -0.25) is 14.2 Å². The molecule has 3 aromatic rings. The second-order valence-electron chi connectivity index (χ2n) is 7.33. The molecule has 10 nitrogen and oxygen atoms in total. The molecule has 0 spiro atoms. The standard InChI is InChI=1S/C18H18F3N5O5S2/c1-9(2)23-33(30,31)24-15(27)7-12-11-6-10(4-5-13(11)32-22-12)26-16(28)8-14(18(19,20)21)25(3)17(26)29/h4-6,8-9,23H,7H2,1-3H3,(H,24,27). The van der Waals surface area contributed by atoms with Gasteiger partial charge < -0.3 is 0 Å². The zero-order valence-corrected chi connectivity index (χ0v) is 19.1. The number of nitrogens with one attached hydrogen (secondary N) is 2. The van der Waals surface area contributed by atoms with Crippen LogP contribution >= 0.6 is 11.5 Å². The van der Waals surface area contributed by atoms with E-state index in [1.54, 1.807) is 13.8 Å². The molecular weight excluding hydrogens is 487 g/mol. The lowest BCUT2D eigenvalue weighted by molar-refractivity contribution is -0.144. The summed E-state index contributed by atoms with van der Waals surface area (Å²) in [5.41, 5.74) is -3.63. The number of hydrogen-bond donors (Lipinski definition) is 2. The molecule has 1 amide bonds. The van der Waals surface area contributed by atoms with E-state index in [0.717, 1.165) is 18.6 Å². The van der Waals surface area contributed by atoms with Crippen LogP contribution in [0.5, 0.6) is 0 Å². The fraction of sp³-hybridized carbons (Fsp3) is 0.333. The average molecular weight is 506 g/mol. The third kappa shape index (κ3) is 5.31. The fourth-order valence-electron chi connectivity index (χ4n) is 3.06. The summed E-state index contributed by atoms with van der Waals surface area (Å²) in [4.78, 5) is 37.1. The predicted octanol–water partition coefficient (Wildman–Crippen LogP) is 1.07. The van der Waals surface area contributed by atoms with Crippen LogP contribution < -0.4 is 20.7 Å². The Morgan fingerprint density at radius 1 is 1.21 bits per heavy atom. The first-order valence-electron chi connectivity index (χ1n) is 9.31. The first-order valence-corrected chi connectivity index (χ1v) is 11.6. The van der Waals surface area contributed by atoms with Crippen LogP contribution in [0.4, 0.5) is 13.2 Å². The Hall–Kier alpha value is -3.04. The number of rotatable bonds is 6. The zero-order chi connectivity index (χ0) is 24.7. The van der Waals surface area contributed by atoms with Crippen LogP contribution in [0.25, 0.3) is 15.8 Å². The molecule has 0 radical (unpaired) electrons. The second-order valence-corrected chi connectivity index (χ2v) is 9.58. The monoisotopic (exact) mass is 505 g/mol.